The van der Waals surface area contributed by atoms with Gasteiger partial charge in [0.25, 0.3) is 5.91 Å². The molecule has 2 rings (SSSR count). The number of amides is 1. The van der Waals surface area contributed by atoms with E-state index in [-0.39, 0.29) is 16.5 Å². The van der Waals surface area contributed by atoms with Crippen molar-refractivity contribution in [2.24, 2.45) is 0 Å². The van der Waals surface area contributed by atoms with Crippen LogP contribution in [0.4, 0.5) is 5.88 Å². The molecule has 0 aliphatic rings. The van der Waals surface area contributed by atoms with E-state index in [2.05, 4.69) is 5.32 Å². The smallest absolute Gasteiger partial charge is 0.259 e. The van der Waals surface area contributed by atoms with Crippen molar-refractivity contribution in [3.8, 4) is 6.07 Å². The number of hydrogen-bond donors (Lipinski definition) is 1. The van der Waals surface area contributed by atoms with E-state index in [4.69, 9.17) is 32.9 Å². The van der Waals surface area contributed by atoms with Crippen molar-refractivity contribution in [3.63, 3.8) is 0 Å². The van der Waals surface area contributed by atoms with Gasteiger partial charge in [0.15, 0.2) is 0 Å². The summed E-state index contributed by atoms with van der Waals surface area (Å²) in [5.74, 6) is 0.245. The van der Waals surface area contributed by atoms with Gasteiger partial charge in [-0.3, -0.25) is 10.1 Å². The first-order valence-electron chi connectivity index (χ1n) is 5.70. The van der Waals surface area contributed by atoms with E-state index in [9.17, 15) is 4.79 Å². The predicted octanol–water partition coefficient (Wildman–Crippen LogP) is 4.33. The van der Waals surface area contributed by atoms with Crippen LogP contribution < -0.4 is 5.32 Å². The zero-order valence-electron chi connectivity index (χ0n) is 10.8. The Hall–Kier alpha value is -1.96. The summed E-state index contributed by atoms with van der Waals surface area (Å²) < 4.78 is 5.37. The van der Waals surface area contributed by atoms with Gasteiger partial charge >= 0.3 is 0 Å². The Kier molecular flexibility index (Phi) is 4.03. The molecule has 0 atom stereocenters. The third-order valence-corrected chi connectivity index (χ3v) is 3.45. The molecule has 1 N–H and O–H groups in total. The number of halogens is 2. The summed E-state index contributed by atoms with van der Waals surface area (Å²) in [7, 11) is 0. The standard InChI is InChI=1S/C14H10Cl2N2O2/c1-7-8(2)20-14(11(7)6-17)18-13(19)10-4-3-9(15)5-12(10)16/h3-5H,1-2H3,(H,18,19). The van der Waals surface area contributed by atoms with Crippen LogP contribution in [0.25, 0.3) is 0 Å². The van der Waals surface area contributed by atoms with Crippen LogP contribution in [0.15, 0.2) is 22.6 Å². The second-order valence-electron chi connectivity index (χ2n) is 4.18. The zero-order chi connectivity index (χ0) is 14.9. The van der Waals surface area contributed by atoms with E-state index in [1.54, 1.807) is 19.9 Å². The van der Waals surface area contributed by atoms with Gasteiger partial charge < -0.3 is 4.42 Å². The number of nitriles is 1. The molecule has 0 spiro atoms. The van der Waals surface area contributed by atoms with E-state index in [1.807, 2.05) is 6.07 Å². The number of rotatable bonds is 2. The Morgan fingerprint density at radius 1 is 1.35 bits per heavy atom. The average Bonchev–Trinajstić information content (AvgIpc) is 2.64. The second kappa shape index (κ2) is 5.58. The lowest BCUT2D eigenvalue weighted by molar-refractivity contribution is 0.102. The summed E-state index contributed by atoms with van der Waals surface area (Å²) in [5, 5.41) is 12.3. The molecule has 2 aromatic rings. The summed E-state index contributed by atoms with van der Waals surface area (Å²) in [5.41, 5.74) is 1.26. The molecular weight excluding hydrogens is 299 g/mol. The molecule has 1 aromatic carbocycles. The fourth-order valence-corrected chi connectivity index (χ4v) is 2.19. The quantitative estimate of drug-likeness (QED) is 0.898. The molecular formula is C14H10Cl2N2O2. The van der Waals surface area contributed by atoms with Gasteiger partial charge in [0.1, 0.15) is 17.4 Å². The number of aryl methyl sites for hydroxylation is 1. The Balaban J connectivity index is 2.33. The van der Waals surface area contributed by atoms with Crippen LogP contribution in [0.5, 0.6) is 0 Å². The molecule has 1 aromatic heterocycles. The third kappa shape index (κ3) is 2.64. The molecule has 4 nitrogen and oxygen atoms in total. The van der Waals surface area contributed by atoms with E-state index < -0.39 is 5.91 Å². The Morgan fingerprint density at radius 3 is 2.65 bits per heavy atom. The van der Waals surface area contributed by atoms with Crippen molar-refractivity contribution in [2.45, 2.75) is 13.8 Å². The molecule has 0 saturated carbocycles. The van der Waals surface area contributed by atoms with Gasteiger partial charge in [-0.15, -0.1) is 0 Å². The largest absolute Gasteiger partial charge is 0.444 e. The molecule has 0 saturated heterocycles. The summed E-state index contributed by atoms with van der Waals surface area (Å²) in [6, 6.07) is 6.55. The van der Waals surface area contributed by atoms with Crippen LogP contribution in [0, 0.1) is 25.2 Å². The van der Waals surface area contributed by atoms with Gasteiger partial charge in [-0.05, 0) is 32.0 Å². The Bertz CT molecular complexity index is 730. The first kappa shape index (κ1) is 14.4. The Morgan fingerprint density at radius 2 is 2.05 bits per heavy atom. The van der Waals surface area contributed by atoms with Gasteiger partial charge in [-0.25, -0.2) is 0 Å². The lowest BCUT2D eigenvalue weighted by Gasteiger charge is -2.05. The van der Waals surface area contributed by atoms with Crippen LogP contribution in [-0.4, -0.2) is 5.91 Å². The molecule has 0 fully saturated rings. The number of benzene rings is 1. The number of anilines is 1. The van der Waals surface area contributed by atoms with E-state index >= 15 is 0 Å². The topological polar surface area (TPSA) is 66.0 Å². The first-order valence-corrected chi connectivity index (χ1v) is 6.46. The summed E-state index contributed by atoms with van der Waals surface area (Å²) in [4.78, 5) is 12.1. The van der Waals surface area contributed by atoms with Crippen molar-refractivity contribution >= 4 is 35.0 Å². The first-order chi connectivity index (χ1) is 9.43. The van der Waals surface area contributed by atoms with Gasteiger partial charge in [0.2, 0.25) is 5.88 Å². The highest BCUT2D eigenvalue weighted by Gasteiger charge is 2.18. The maximum absolute atomic E-state index is 12.1. The molecule has 1 heterocycles. The highest BCUT2D eigenvalue weighted by molar-refractivity contribution is 6.37. The van der Waals surface area contributed by atoms with Crippen LogP contribution in [0.1, 0.15) is 27.2 Å². The van der Waals surface area contributed by atoms with E-state index in [0.29, 0.717) is 21.9 Å². The SMILES string of the molecule is Cc1oc(NC(=O)c2ccc(Cl)cc2Cl)c(C#N)c1C. The van der Waals surface area contributed by atoms with Crippen molar-refractivity contribution in [1.29, 1.82) is 5.26 Å². The monoisotopic (exact) mass is 308 g/mol. The maximum Gasteiger partial charge on any atom is 0.259 e. The fourth-order valence-electron chi connectivity index (χ4n) is 1.69. The number of hydrogen-bond acceptors (Lipinski definition) is 3. The van der Waals surface area contributed by atoms with Gasteiger partial charge in [0, 0.05) is 10.6 Å². The predicted molar refractivity (Wildman–Crippen MR) is 77.3 cm³/mol. The molecule has 0 aliphatic carbocycles. The summed E-state index contributed by atoms with van der Waals surface area (Å²) in [6.07, 6.45) is 0. The molecule has 6 heteroatoms. The summed E-state index contributed by atoms with van der Waals surface area (Å²) >= 11 is 11.7. The van der Waals surface area contributed by atoms with Crippen molar-refractivity contribution in [2.75, 3.05) is 5.32 Å². The lowest BCUT2D eigenvalue weighted by atomic mass is 10.1. The third-order valence-electron chi connectivity index (χ3n) is 2.90. The number of furan rings is 1. The van der Waals surface area contributed by atoms with Gasteiger partial charge in [-0.2, -0.15) is 5.26 Å². The minimum absolute atomic E-state index is 0.124. The number of nitrogens with zero attached hydrogens (tertiary/aromatic N) is 1. The van der Waals surface area contributed by atoms with Gasteiger partial charge in [0.05, 0.1) is 10.6 Å². The fraction of sp³-hybridized carbons (Fsp3) is 0.143. The molecule has 0 unspecified atom stereocenters. The molecule has 0 aliphatic heterocycles. The summed E-state index contributed by atoms with van der Waals surface area (Å²) in [6.45, 7) is 3.48. The molecule has 0 bridgehead atoms. The Labute approximate surface area is 125 Å². The van der Waals surface area contributed by atoms with Crippen LogP contribution in [-0.2, 0) is 0 Å². The van der Waals surface area contributed by atoms with Crippen LogP contribution in [0.3, 0.4) is 0 Å². The number of carbonyl (C=O) groups is 1. The molecule has 20 heavy (non-hydrogen) atoms. The normalized spacial score (nSPS) is 10.2. The van der Waals surface area contributed by atoms with Crippen molar-refractivity contribution in [3.05, 3.63) is 50.7 Å². The number of nitrogens with one attached hydrogen (secondary N) is 1. The highest BCUT2D eigenvalue weighted by atomic mass is 35.5. The lowest BCUT2D eigenvalue weighted by Crippen LogP contribution is -2.12. The van der Waals surface area contributed by atoms with Crippen LogP contribution >= 0.6 is 23.2 Å². The maximum atomic E-state index is 12.1. The molecule has 1 amide bonds. The number of carbonyl (C=O) groups excluding carboxylic acids is 1. The van der Waals surface area contributed by atoms with E-state index in [1.165, 1.54) is 12.1 Å². The van der Waals surface area contributed by atoms with E-state index in [0.717, 1.165) is 0 Å². The zero-order valence-corrected chi connectivity index (χ0v) is 12.3. The van der Waals surface area contributed by atoms with Crippen LogP contribution in [0.2, 0.25) is 10.0 Å². The molecule has 0 radical (unpaired) electrons. The van der Waals surface area contributed by atoms with Gasteiger partial charge in [-0.1, -0.05) is 23.2 Å². The highest BCUT2D eigenvalue weighted by Crippen LogP contribution is 2.27. The second-order valence-corrected chi connectivity index (χ2v) is 5.02. The minimum Gasteiger partial charge on any atom is -0.444 e. The van der Waals surface area contributed by atoms with Crippen molar-refractivity contribution in [1.82, 2.24) is 0 Å². The average molecular weight is 309 g/mol. The minimum atomic E-state index is -0.461. The molecule has 102 valence electrons. The van der Waals surface area contributed by atoms with Crippen molar-refractivity contribution < 1.29 is 9.21 Å².